The van der Waals surface area contributed by atoms with E-state index in [2.05, 4.69) is 5.32 Å². The number of benzene rings is 1. The smallest absolute Gasteiger partial charge is 0.261 e. The maximum Gasteiger partial charge on any atom is 0.261 e. The Hall–Kier alpha value is -1.07. The van der Waals surface area contributed by atoms with Gasteiger partial charge in [0.1, 0.15) is 0 Å². The highest BCUT2D eigenvalue weighted by atomic mass is 35.7. The van der Waals surface area contributed by atoms with Crippen LogP contribution < -0.4 is 5.32 Å². The second-order valence-electron chi connectivity index (χ2n) is 5.26. The van der Waals surface area contributed by atoms with Crippen LogP contribution in [0.3, 0.4) is 0 Å². The van der Waals surface area contributed by atoms with Gasteiger partial charge in [0, 0.05) is 22.8 Å². The minimum Gasteiger partial charge on any atom is -0.352 e. The van der Waals surface area contributed by atoms with Crippen LogP contribution in [0.25, 0.3) is 0 Å². The van der Waals surface area contributed by atoms with E-state index in [1.165, 1.54) is 18.9 Å². The van der Waals surface area contributed by atoms with Crippen molar-refractivity contribution in [1.82, 2.24) is 5.32 Å². The van der Waals surface area contributed by atoms with E-state index in [9.17, 15) is 13.2 Å². The molecule has 1 aliphatic carbocycles. The molecule has 1 aromatic carbocycles. The van der Waals surface area contributed by atoms with Crippen molar-refractivity contribution >= 4 is 25.6 Å². The predicted molar refractivity (Wildman–Crippen MR) is 78.5 cm³/mol. The Balaban J connectivity index is 1.98. The van der Waals surface area contributed by atoms with Gasteiger partial charge in [0.2, 0.25) is 0 Å². The highest BCUT2D eigenvalue weighted by molar-refractivity contribution is 8.13. The molecule has 0 aromatic heterocycles. The maximum absolute atomic E-state index is 11.9. The zero-order chi connectivity index (χ0) is 14.8. The Labute approximate surface area is 123 Å². The lowest BCUT2D eigenvalue weighted by molar-refractivity contribution is 0.0952. The molecule has 1 N–H and O–H groups in total. The molecule has 4 nitrogen and oxygen atoms in total. The van der Waals surface area contributed by atoms with E-state index in [0.29, 0.717) is 17.7 Å². The number of aryl methyl sites for hydroxylation is 1. The van der Waals surface area contributed by atoms with Crippen LogP contribution in [-0.2, 0) is 9.05 Å². The molecule has 0 saturated heterocycles. The molecule has 0 radical (unpaired) electrons. The number of halogens is 1. The number of rotatable bonds is 6. The number of nitrogens with one attached hydrogen (secondary N) is 1. The minimum atomic E-state index is -3.83. The molecule has 6 heteroatoms. The standard InChI is InChI=1S/C14H18ClNO3S/c1-10-4-7-12(9-13(10)20(15,18)19)14(17)16-8-2-3-11-5-6-11/h4,7,9,11H,2-3,5-6,8H2,1H3,(H,16,17). The highest BCUT2D eigenvalue weighted by Gasteiger charge is 2.20. The van der Waals surface area contributed by atoms with Crippen molar-refractivity contribution in [3.05, 3.63) is 29.3 Å². The molecule has 20 heavy (non-hydrogen) atoms. The van der Waals surface area contributed by atoms with E-state index < -0.39 is 9.05 Å². The van der Waals surface area contributed by atoms with Gasteiger partial charge in [-0.05, 0) is 43.4 Å². The van der Waals surface area contributed by atoms with Crippen molar-refractivity contribution in [3.8, 4) is 0 Å². The average Bonchev–Trinajstić information content (AvgIpc) is 3.17. The zero-order valence-corrected chi connectivity index (χ0v) is 12.9. The van der Waals surface area contributed by atoms with E-state index in [1.54, 1.807) is 19.1 Å². The summed E-state index contributed by atoms with van der Waals surface area (Å²) in [5.74, 6) is 0.585. The number of carbonyl (C=O) groups excluding carboxylic acids is 1. The third-order valence-corrected chi connectivity index (χ3v) is 4.95. The van der Waals surface area contributed by atoms with E-state index in [4.69, 9.17) is 10.7 Å². The van der Waals surface area contributed by atoms with Crippen LogP contribution in [0.4, 0.5) is 0 Å². The third-order valence-electron chi connectivity index (χ3n) is 3.48. The average molecular weight is 316 g/mol. The Kier molecular flexibility index (Phi) is 4.70. The molecule has 0 unspecified atom stereocenters. The van der Waals surface area contributed by atoms with Crippen LogP contribution in [0.15, 0.2) is 23.1 Å². The Morgan fingerprint density at radius 1 is 1.40 bits per heavy atom. The van der Waals surface area contributed by atoms with E-state index in [-0.39, 0.29) is 10.8 Å². The first kappa shape index (κ1) is 15.3. The summed E-state index contributed by atoms with van der Waals surface area (Å²) in [6.45, 7) is 2.26. The number of hydrogen-bond acceptors (Lipinski definition) is 3. The Morgan fingerprint density at radius 2 is 2.10 bits per heavy atom. The van der Waals surface area contributed by atoms with Crippen LogP contribution in [0.1, 0.15) is 41.6 Å². The SMILES string of the molecule is Cc1ccc(C(=O)NCCCC2CC2)cc1S(=O)(=O)Cl. The van der Waals surface area contributed by atoms with Gasteiger partial charge in [-0.2, -0.15) is 0 Å². The van der Waals surface area contributed by atoms with Crippen molar-refractivity contribution in [2.24, 2.45) is 5.92 Å². The predicted octanol–water partition coefficient (Wildman–Crippen LogP) is 2.84. The summed E-state index contributed by atoms with van der Waals surface area (Å²) < 4.78 is 22.8. The molecule has 0 aliphatic heterocycles. The quantitative estimate of drug-likeness (QED) is 0.648. The van der Waals surface area contributed by atoms with Crippen molar-refractivity contribution < 1.29 is 13.2 Å². The largest absolute Gasteiger partial charge is 0.352 e. The summed E-state index contributed by atoms with van der Waals surface area (Å²) in [4.78, 5) is 11.9. The van der Waals surface area contributed by atoms with Gasteiger partial charge in [0.25, 0.3) is 15.0 Å². The zero-order valence-electron chi connectivity index (χ0n) is 11.4. The van der Waals surface area contributed by atoms with Gasteiger partial charge in [-0.15, -0.1) is 0 Å². The molecule has 2 rings (SSSR count). The van der Waals surface area contributed by atoms with Gasteiger partial charge in [-0.25, -0.2) is 8.42 Å². The van der Waals surface area contributed by atoms with Gasteiger partial charge in [0.15, 0.2) is 0 Å². The molecule has 1 amide bonds. The first-order chi connectivity index (χ1) is 9.38. The van der Waals surface area contributed by atoms with Gasteiger partial charge in [-0.3, -0.25) is 4.79 Å². The summed E-state index contributed by atoms with van der Waals surface area (Å²) >= 11 is 0. The lowest BCUT2D eigenvalue weighted by Gasteiger charge is -2.07. The van der Waals surface area contributed by atoms with Crippen LogP contribution in [0.5, 0.6) is 0 Å². The molecule has 110 valence electrons. The molecule has 1 aliphatic rings. The third kappa shape index (κ3) is 4.21. The number of amides is 1. The summed E-state index contributed by atoms with van der Waals surface area (Å²) in [5, 5.41) is 2.80. The molecule has 0 bridgehead atoms. The van der Waals surface area contributed by atoms with Crippen molar-refractivity contribution in [2.45, 2.75) is 37.5 Å². The Bertz CT molecular complexity index is 609. The molecule has 0 heterocycles. The van der Waals surface area contributed by atoms with Crippen LogP contribution in [0.2, 0.25) is 0 Å². The fourth-order valence-corrected chi connectivity index (χ4v) is 3.32. The monoisotopic (exact) mass is 315 g/mol. The molecule has 1 fully saturated rings. The molecule has 1 saturated carbocycles. The summed E-state index contributed by atoms with van der Waals surface area (Å²) in [6.07, 6.45) is 4.73. The fraction of sp³-hybridized carbons (Fsp3) is 0.500. The van der Waals surface area contributed by atoms with E-state index >= 15 is 0 Å². The fourth-order valence-electron chi connectivity index (χ4n) is 2.11. The minimum absolute atomic E-state index is 0.00945. The molecule has 1 aromatic rings. The lowest BCUT2D eigenvalue weighted by atomic mass is 10.1. The number of carbonyl (C=O) groups is 1. The summed E-state index contributed by atoms with van der Waals surface area (Å²) in [7, 11) is 1.52. The van der Waals surface area contributed by atoms with E-state index in [0.717, 1.165) is 18.8 Å². The van der Waals surface area contributed by atoms with Crippen LogP contribution in [0, 0.1) is 12.8 Å². The molecule has 0 atom stereocenters. The summed E-state index contributed by atoms with van der Waals surface area (Å²) in [6, 6.07) is 4.53. The van der Waals surface area contributed by atoms with Gasteiger partial charge >= 0.3 is 0 Å². The lowest BCUT2D eigenvalue weighted by Crippen LogP contribution is -2.24. The van der Waals surface area contributed by atoms with Crippen molar-refractivity contribution in [1.29, 1.82) is 0 Å². The summed E-state index contributed by atoms with van der Waals surface area (Å²) in [5.41, 5.74) is 0.853. The van der Waals surface area contributed by atoms with Gasteiger partial charge in [0.05, 0.1) is 4.90 Å². The highest BCUT2D eigenvalue weighted by Crippen LogP contribution is 2.33. The Morgan fingerprint density at radius 3 is 2.70 bits per heavy atom. The van der Waals surface area contributed by atoms with Crippen LogP contribution >= 0.6 is 10.7 Å². The van der Waals surface area contributed by atoms with Crippen LogP contribution in [-0.4, -0.2) is 20.9 Å². The second-order valence-corrected chi connectivity index (χ2v) is 7.79. The maximum atomic E-state index is 11.9. The van der Waals surface area contributed by atoms with Crippen molar-refractivity contribution in [3.63, 3.8) is 0 Å². The molecular formula is C14H18ClNO3S. The molecule has 0 spiro atoms. The van der Waals surface area contributed by atoms with E-state index in [1.807, 2.05) is 0 Å². The van der Waals surface area contributed by atoms with Crippen molar-refractivity contribution in [2.75, 3.05) is 6.54 Å². The van der Waals surface area contributed by atoms with Gasteiger partial charge < -0.3 is 5.32 Å². The molecular weight excluding hydrogens is 298 g/mol. The first-order valence-corrected chi connectivity index (χ1v) is 9.02. The topological polar surface area (TPSA) is 63.2 Å². The second kappa shape index (κ2) is 6.14. The first-order valence-electron chi connectivity index (χ1n) is 6.71. The number of hydrogen-bond donors (Lipinski definition) is 1. The van der Waals surface area contributed by atoms with Gasteiger partial charge in [-0.1, -0.05) is 18.9 Å². The normalized spacial score (nSPS) is 15.1.